The smallest absolute Gasteiger partial charge is 0.431 e. The molecular formula is C32H28N4Pt. The Morgan fingerprint density at radius 3 is 2.27 bits per heavy atom. The number of benzene rings is 3. The van der Waals surface area contributed by atoms with Crippen LogP contribution >= 0.6 is 0 Å². The molecule has 0 aliphatic carbocycles. The first-order chi connectivity index (χ1) is 17.3. The first kappa shape index (κ1) is 25.2. The number of rotatable bonds is 4. The first-order valence-corrected chi connectivity index (χ1v) is 12.2. The standard InChI is InChI=1S/C32H28N4.Pt/c1-21-17-23(28-20-22-11-6-7-13-26(22)35(28)4)19-24(18-21)31-34-30-25(12-10-14-27(30)36(31)5)32(2,3)29-15-8-9-16-33-29;/h6-18H,1-5H3;/q-2;+2. The number of fused-ring (bicyclic) bond motifs is 2. The van der Waals surface area contributed by atoms with Crippen LogP contribution in [0.25, 0.3) is 44.6 Å². The summed E-state index contributed by atoms with van der Waals surface area (Å²) in [7, 11) is 4.17. The SMILES string of the molecule is Cc1cc(-c2[c-]c3ccccc3n2C)[c-]c(-c2nc3c(C(C)(C)c4ccccn4)cccc3n2C)c1.[Pt+2]. The Morgan fingerprint density at radius 1 is 0.784 bits per heavy atom. The molecule has 37 heavy (non-hydrogen) atoms. The predicted molar refractivity (Wildman–Crippen MR) is 147 cm³/mol. The molecule has 6 aromatic rings. The summed E-state index contributed by atoms with van der Waals surface area (Å²) in [6.07, 6.45) is 1.86. The quantitative estimate of drug-likeness (QED) is 0.190. The zero-order valence-corrected chi connectivity index (χ0v) is 23.9. The second-order valence-electron chi connectivity index (χ2n) is 10.0. The molecule has 0 bridgehead atoms. The van der Waals surface area contributed by atoms with Crippen molar-refractivity contribution in [2.45, 2.75) is 26.2 Å². The molecule has 0 saturated carbocycles. The molecule has 0 unspecified atom stereocenters. The van der Waals surface area contributed by atoms with Gasteiger partial charge in [-0.1, -0.05) is 56.7 Å². The fraction of sp³-hybridized carbons (Fsp3) is 0.188. The Labute approximate surface area is 232 Å². The maximum Gasteiger partial charge on any atom is 2.00 e. The summed E-state index contributed by atoms with van der Waals surface area (Å²) in [5, 5.41) is 1.11. The van der Waals surface area contributed by atoms with Gasteiger partial charge in [-0.3, -0.25) is 9.97 Å². The van der Waals surface area contributed by atoms with Crippen molar-refractivity contribution in [1.82, 2.24) is 19.1 Å². The van der Waals surface area contributed by atoms with Crippen LogP contribution in [-0.4, -0.2) is 19.1 Å². The molecule has 0 radical (unpaired) electrons. The number of imidazole rings is 1. The summed E-state index contributed by atoms with van der Waals surface area (Å²) >= 11 is 0. The zero-order valence-electron chi connectivity index (χ0n) is 21.6. The van der Waals surface area contributed by atoms with Crippen LogP contribution in [0.3, 0.4) is 0 Å². The molecule has 5 heteroatoms. The summed E-state index contributed by atoms with van der Waals surface area (Å²) in [5.41, 5.74) is 9.34. The van der Waals surface area contributed by atoms with Crippen LogP contribution in [0, 0.1) is 19.1 Å². The molecule has 0 amide bonds. The summed E-state index contributed by atoms with van der Waals surface area (Å²) < 4.78 is 4.36. The third kappa shape index (κ3) is 4.14. The van der Waals surface area contributed by atoms with E-state index in [0.717, 1.165) is 55.8 Å². The second kappa shape index (κ2) is 9.43. The number of pyridine rings is 1. The van der Waals surface area contributed by atoms with E-state index in [9.17, 15) is 0 Å². The molecule has 0 spiro atoms. The van der Waals surface area contributed by atoms with E-state index in [0.29, 0.717) is 0 Å². The second-order valence-corrected chi connectivity index (χ2v) is 10.0. The van der Waals surface area contributed by atoms with Crippen LogP contribution in [0.1, 0.15) is 30.7 Å². The molecule has 3 aromatic carbocycles. The molecule has 4 nitrogen and oxygen atoms in total. The summed E-state index contributed by atoms with van der Waals surface area (Å²) in [6.45, 7) is 6.55. The van der Waals surface area contributed by atoms with E-state index in [2.05, 4.69) is 122 Å². The molecule has 0 N–H and O–H groups in total. The molecule has 0 atom stereocenters. The van der Waals surface area contributed by atoms with E-state index in [-0.39, 0.29) is 26.5 Å². The fourth-order valence-corrected chi connectivity index (χ4v) is 5.24. The van der Waals surface area contributed by atoms with E-state index < -0.39 is 0 Å². The van der Waals surface area contributed by atoms with Crippen molar-refractivity contribution in [3.63, 3.8) is 0 Å². The van der Waals surface area contributed by atoms with Gasteiger partial charge in [-0.25, -0.2) is 0 Å². The maximum atomic E-state index is 5.20. The average molecular weight is 664 g/mol. The van der Waals surface area contributed by atoms with E-state index in [1.807, 2.05) is 18.3 Å². The van der Waals surface area contributed by atoms with Crippen LogP contribution in [0.4, 0.5) is 0 Å². The minimum Gasteiger partial charge on any atom is -0.431 e. The summed E-state index contributed by atoms with van der Waals surface area (Å²) in [4.78, 5) is 9.86. The van der Waals surface area contributed by atoms with Gasteiger partial charge in [-0.05, 0) is 36.3 Å². The molecule has 186 valence electrons. The Morgan fingerprint density at radius 2 is 1.51 bits per heavy atom. The molecule has 3 heterocycles. The van der Waals surface area contributed by atoms with Gasteiger partial charge in [0.05, 0.1) is 22.6 Å². The number of hydrogen-bond donors (Lipinski definition) is 0. The number of aryl methyl sites for hydroxylation is 3. The largest absolute Gasteiger partial charge is 2.00 e. The van der Waals surface area contributed by atoms with Crippen molar-refractivity contribution in [2.24, 2.45) is 14.1 Å². The van der Waals surface area contributed by atoms with Gasteiger partial charge in [0.2, 0.25) is 0 Å². The number of aromatic nitrogens is 4. The van der Waals surface area contributed by atoms with Gasteiger partial charge in [0.25, 0.3) is 0 Å². The average Bonchev–Trinajstić information content (AvgIpc) is 3.41. The van der Waals surface area contributed by atoms with Crippen LogP contribution in [-0.2, 0) is 40.6 Å². The minimum atomic E-state index is -0.286. The molecule has 0 fully saturated rings. The third-order valence-electron chi connectivity index (χ3n) is 7.25. The van der Waals surface area contributed by atoms with Gasteiger partial charge >= 0.3 is 21.1 Å². The van der Waals surface area contributed by atoms with E-state index in [4.69, 9.17) is 4.98 Å². The monoisotopic (exact) mass is 663 g/mol. The molecule has 0 saturated heterocycles. The Kier molecular flexibility index (Phi) is 6.41. The van der Waals surface area contributed by atoms with Gasteiger partial charge < -0.3 is 9.13 Å². The molecule has 0 aliphatic heterocycles. The Bertz CT molecular complexity index is 1740. The van der Waals surface area contributed by atoms with Crippen molar-refractivity contribution >= 4 is 21.9 Å². The minimum absolute atomic E-state index is 0. The van der Waals surface area contributed by atoms with E-state index in [1.54, 1.807) is 0 Å². The van der Waals surface area contributed by atoms with Crippen molar-refractivity contribution in [2.75, 3.05) is 0 Å². The van der Waals surface area contributed by atoms with Crippen LogP contribution in [0.5, 0.6) is 0 Å². The van der Waals surface area contributed by atoms with Crippen LogP contribution in [0.15, 0.2) is 79.0 Å². The van der Waals surface area contributed by atoms with Crippen LogP contribution < -0.4 is 0 Å². The van der Waals surface area contributed by atoms with Gasteiger partial charge in [-0.15, -0.1) is 34.8 Å². The topological polar surface area (TPSA) is 35.6 Å². The van der Waals surface area contributed by atoms with Crippen molar-refractivity contribution in [3.8, 4) is 22.6 Å². The van der Waals surface area contributed by atoms with Crippen molar-refractivity contribution in [1.29, 1.82) is 0 Å². The molecule has 0 aliphatic rings. The first-order valence-electron chi connectivity index (χ1n) is 12.2. The van der Waals surface area contributed by atoms with E-state index >= 15 is 0 Å². The van der Waals surface area contributed by atoms with Gasteiger partial charge in [0, 0.05) is 18.7 Å². The Balaban J connectivity index is 0.00000280. The molecule has 3 aromatic heterocycles. The summed E-state index contributed by atoms with van der Waals surface area (Å²) in [6, 6.07) is 32.4. The maximum absolute atomic E-state index is 5.20. The predicted octanol–water partition coefficient (Wildman–Crippen LogP) is 7.03. The van der Waals surface area contributed by atoms with Gasteiger partial charge in [-0.2, -0.15) is 23.8 Å². The molecular weight excluding hydrogens is 635 g/mol. The number of hydrogen-bond acceptors (Lipinski definition) is 2. The normalized spacial score (nSPS) is 11.7. The third-order valence-corrected chi connectivity index (χ3v) is 7.25. The molecule has 6 rings (SSSR count). The Hall–Kier alpha value is -3.49. The summed E-state index contributed by atoms with van der Waals surface area (Å²) in [5.74, 6) is 0.901. The van der Waals surface area contributed by atoms with Gasteiger partial charge in [0.15, 0.2) is 0 Å². The number of nitrogens with zero attached hydrogens (tertiary/aromatic N) is 4. The van der Waals surface area contributed by atoms with Crippen LogP contribution in [0.2, 0.25) is 0 Å². The fourth-order valence-electron chi connectivity index (χ4n) is 5.24. The van der Waals surface area contributed by atoms with E-state index in [1.165, 1.54) is 5.56 Å². The van der Waals surface area contributed by atoms with Gasteiger partial charge in [0.1, 0.15) is 0 Å². The zero-order chi connectivity index (χ0) is 25.0. The number of para-hydroxylation sites is 2. The van der Waals surface area contributed by atoms with Crippen molar-refractivity contribution < 1.29 is 21.1 Å². The van der Waals surface area contributed by atoms with Crippen molar-refractivity contribution in [3.05, 3.63) is 108 Å².